The van der Waals surface area contributed by atoms with Gasteiger partial charge in [0.2, 0.25) is 5.91 Å². The highest BCUT2D eigenvalue weighted by molar-refractivity contribution is 6.30. The molecule has 2 aliphatic rings. The third kappa shape index (κ3) is 3.94. The van der Waals surface area contributed by atoms with Crippen molar-refractivity contribution in [2.75, 3.05) is 0 Å². The molecular weight excluding hydrogens is 411 g/mol. The normalized spacial score (nSPS) is 25.4. The van der Waals surface area contributed by atoms with Gasteiger partial charge in [-0.15, -0.1) is 0 Å². The number of benzene rings is 2. The van der Waals surface area contributed by atoms with Gasteiger partial charge in [-0.05, 0) is 97.4 Å². The molecule has 1 heterocycles. The molecule has 5 heteroatoms. The number of fused-ring (bicyclic) bond motifs is 1. The molecule has 1 spiro atoms. The van der Waals surface area contributed by atoms with Crippen LogP contribution in [-0.2, 0) is 11.3 Å². The summed E-state index contributed by atoms with van der Waals surface area (Å²) in [7, 11) is 0. The highest BCUT2D eigenvalue weighted by Gasteiger charge is 2.51. The van der Waals surface area contributed by atoms with Crippen molar-refractivity contribution in [2.24, 2.45) is 11.3 Å². The van der Waals surface area contributed by atoms with Gasteiger partial charge in [-0.25, -0.2) is 4.39 Å². The predicted octanol–water partition coefficient (Wildman–Crippen LogP) is 6.40. The van der Waals surface area contributed by atoms with E-state index in [-0.39, 0.29) is 23.1 Å². The molecule has 2 saturated carbocycles. The molecule has 5 rings (SSSR count). The quantitative estimate of drug-likeness (QED) is 0.514. The summed E-state index contributed by atoms with van der Waals surface area (Å²) in [5, 5.41) is 4.76. The summed E-state index contributed by atoms with van der Waals surface area (Å²) < 4.78 is 13.8. The van der Waals surface area contributed by atoms with Crippen LogP contribution in [0.4, 0.5) is 4.39 Å². The zero-order chi connectivity index (χ0) is 21.4. The molecule has 1 N–H and O–H groups in total. The number of nitrogens with zero attached hydrogens (tertiary/aromatic N) is 1. The van der Waals surface area contributed by atoms with Crippen LogP contribution in [-0.4, -0.2) is 10.9 Å². The molecule has 0 aliphatic heterocycles. The van der Waals surface area contributed by atoms with Gasteiger partial charge in [0.05, 0.1) is 5.52 Å². The number of hydrogen-bond acceptors (Lipinski definition) is 2. The molecule has 0 saturated heterocycles. The summed E-state index contributed by atoms with van der Waals surface area (Å²) in [5.74, 6) is 0.463. The van der Waals surface area contributed by atoms with Crippen molar-refractivity contribution in [1.29, 1.82) is 0 Å². The molecule has 0 unspecified atom stereocenters. The van der Waals surface area contributed by atoms with Gasteiger partial charge in [0.15, 0.2) is 0 Å². The number of nitrogens with one attached hydrogen (secondary N) is 1. The standard InChI is InChI=1S/C26H26ClFN2O/c27-19-3-1-17(2-4-19)16-30-25(31)23-9-13-26(23)11-7-18(8-12-26)21-10-14-29-24-6-5-20(28)15-22(21)24/h1-6,10,14-15,18,23H,7-9,11-13,16H2,(H,30,31)/t18-,23-,26+/m1/s1. The molecule has 1 atom stereocenters. The number of halogens is 2. The predicted molar refractivity (Wildman–Crippen MR) is 121 cm³/mol. The molecule has 3 aromatic rings. The number of carbonyl (C=O) groups excluding carboxylic acids is 1. The number of pyridine rings is 1. The first-order valence-corrected chi connectivity index (χ1v) is 11.5. The lowest BCUT2D eigenvalue weighted by Gasteiger charge is -2.52. The van der Waals surface area contributed by atoms with Crippen LogP contribution in [0.1, 0.15) is 55.6 Å². The maximum atomic E-state index is 13.8. The molecule has 0 radical (unpaired) electrons. The van der Waals surface area contributed by atoms with Crippen molar-refractivity contribution in [2.45, 2.75) is 51.0 Å². The number of aromatic nitrogens is 1. The molecule has 1 amide bonds. The maximum absolute atomic E-state index is 13.8. The topological polar surface area (TPSA) is 42.0 Å². The first-order chi connectivity index (χ1) is 15.0. The van der Waals surface area contributed by atoms with Crippen molar-refractivity contribution in [3.05, 3.63) is 76.7 Å². The van der Waals surface area contributed by atoms with E-state index < -0.39 is 0 Å². The summed E-state index contributed by atoms with van der Waals surface area (Å²) in [4.78, 5) is 17.3. The second-order valence-electron chi connectivity index (χ2n) is 9.13. The Morgan fingerprint density at radius 3 is 2.52 bits per heavy atom. The lowest BCUT2D eigenvalue weighted by molar-refractivity contribution is -0.139. The van der Waals surface area contributed by atoms with Gasteiger partial charge in [-0.2, -0.15) is 0 Å². The van der Waals surface area contributed by atoms with Gasteiger partial charge in [0.25, 0.3) is 0 Å². The molecule has 31 heavy (non-hydrogen) atoms. The Balaban J connectivity index is 1.24. The maximum Gasteiger partial charge on any atom is 0.223 e. The summed E-state index contributed by atoms with van der Waals surface area (Å²) in [6.07, 6.45) is 8.11. The van der Waals surface area contributed by atoms with Crippen LogP contribution in [0.15, 0.2) is 54.7 Å². The van der Waals surface area contributed by atoms with Crippen molar-refractivity contribution in [1.82, 2.24) is 10.3 Å². The van der Waals surface area contributed by atoms with Crippen LogP contribution in [0.25, 0.3) is 10.9 Å². The van der Waals surface area contributed by atoms with E-state index in [9.17, 15) is 9.18 Å². The van der Waals surface area contributed by atoms with Crippen molar-refractivity contribution in [3.8, 4) is 0 Å². The van der Waals surface area contributed by atoms with E-state index in [1.807, 2.05) is 36.5 Å². The second-order valence-corrected chi connectivity index (χ2v) is 9.57. The SMILES string of the molecule is O=C(NCc1ccc(Cl)cc1)[C@H]1CC[C@]12CC[C@H](c1ccnc3ccc(F)cc31)CC2. The minimum atomic E-state index is -0.217. The van der Waals surface area contributed by atoms with Crippen LogP contribution in [0, 0.1) is 17.2 Å². The fourth-order valence-electron chi connectivity index (χ4n) is 5.62. The summed E-state index contributed by atoms with van der Waals surface area (Å²) in [6.45, 7) is 0.541. The van der Waals surface area contributed by atoms with Crippen LogP contribution >= 0.6 is 11.6 Å². The van der Waals surface area contributed by atoms with E-state index in [0.29, 0.717) is 17.5 Å². The van der Waals surface area contributed by atoms with Gasteiger partial charge >= 0.3 is 0 Å². The fourth-order valence-corrected chi connectivity index (χ4v) is 5.74. The number of rotatable bonds is 4. The Hall–Kier alpha value is -2.46. The molecule has 160 valence electrons. The summed E-state index contributed by atoms with van der Waals surface area (Å²) in [6, 6.07) is 14.5. The Labute approximate surface area is 187 Å². The molecule has 3 nitrogen and oxygen atoms in total. The van der Waals surface area contributed by atoms with Crippen molar-refractivity contribution in [3.63, 3.8) is 0 Å². The number of amides is 1. The van der Waals surface area contributed by atoms with Gasteiger partial charge in [0, 0.05) is 29.1 Å². The first-order valence-electron chi connectivity index (χ1n) is 11.1. The Kier molecular flexibility index (Phi) is 5.43. The Morgan fingerprint density at radius 1 is 1.06 bits per heavy atom. The van der Waals surface area contributed by atoms with Crippen molar-refractivity contribution < 1.29 is 9.18 Å². The third-order valence-corrected chi connectivity index (χ3v) is 7.78. The van der Waals surface area contributed by atoms with Gasteiger partial charge in [0.1, 0.15) is 5.82 Å². The monoisotopic (exact) mass is 436 g/mol. The molecule has 2 aromatic carbocycles. The zero-order valence-electron chi connectivity index (χ0n) is 17.4. The van der Waals surface area contributed by atoms with Gasteiger partial charge in [-0.1, -0.05) is 23.7 Å². The average molecular weight is 437 g/mol. The van der Waals surface area contributed by atoms with Crippen LogP contribution in [0.5, 0.6) is 0 Å². The molecule has 2 fully saturated rings. The second kappa shape index (κ2) is 8.23. The van der Waals surface area contributed by atoms with E-state index in [4.69, 9.17) is 11.6 Å². The molecular formula is C26H26ClFN2O. The number of hydrogen-bond donors (Lipinski definition) is 1. The van der Waals surface area contributed by atoms with E-state index >= 15 is 0 Å². The summed E-state index contributed by atoms with van der Waals surface area (Å²) in [5.41, 5.74) is 3.24. The summed E-state index contributed by atoms with van der Waals surface area (Å²) >= 11 is 5.94. The van der Waals surface area contributed by atoms with Gasteiger partial charge < -0.3 is 5.32 Å². The number of carbonyl (C=O) groups is 1. The minimum absolute atomic E-state index is 0.104. The molecule has 2 aliphatic carbocycles. The van der Waals surface area contributed by atoms with Crippen LogP contribution in [0.3, 0.4) is 0 Å². The van der Waals surface area contributed by atoms with Crippen LogP contribution < -0.4 is 5.32 Å². The van der Waals surface area contributed by atoms with E-state index in [1.165, 1.54) is 11.6 Å². The van der Waals surface area contributed by atoms with Crippen LogP contribution in [0.2, 0.25) is 5.02 Å². The lowest BCUT2D eigenvalue weighted by atomic mass is 9.52. The van der Waals surface area contributed by atoms with E-state index in [2.05, 4.69) is 10.3 Å². The van der Waals surface area contributed by atoms with Crippen molar-refractivity contribution >= 4 is 28.4 Å². The molecule has 0 bridgehead atoms. The van der Waals surface area contributed by atoms with E-state index in [0.717, 1.165) is 55.0 Å². The average Bonchev–Trinajstić information content (AvgIpc) is 2.77. The van der Waals surface area contributed by atoms with Gasteiger partial charge in [-0.3, -0.25) is 9.78 Å². The van der Waals surface area contributed by atoms with E-state index in [1.54, 1.807) is 12.1 Å². The largest absolute Gasteiger partial charge is 0.352 e. The zero-order valence-corrected chi connectivity index (χ0v) is 18.2. The highest BCUT2D eigenvalue weighted by atomic mass is 35.5. The first kappa shape index (κ1) is 20.4. The third-order valence-electron chi connectivity index (χ3n) is 7.53. The fraction of sp³-hybridized carbons (Fsp3) is 0.385. The smallest absolute Gasteiger partial charge is 0.223 e. The Morgan fingerprint density at radius 2 is 1.81 bits per heavy atom. The Bertz CT molecular complexity index is 1110. The lowest BCUT2D eigenvalue weighted by Crippen LogP contribution is -2.50. The minimum Gasteiger partial charge on any atom is -0.352 e. The highest BCUT2D eigenvalue weighted by Crippen LogP contribution is 2.58. The molecule has 1 aromatic heterocycles.